The van der Waals surface area contributed by atoms with E-state index in [4.69, 9.17) is 4.42 Å². The van der Waals surface area contributed by atoms with Crippen LogP contribution in [0.4, 0.5) is 0 Å². The second-order valence-corrected chi connectivity index (χ2v) is 4.71. The predicted octanol–water partition coefficient (Wildman–Crippen LogP) is 3.00. The molecule has 2 aromatic rings. The van der Waals surface area contributed by atoms with Crippen LogP contribution in [0.3, 0.4) is 0 Å². The summed E-state index contributed by atoms with van der Waals surface area (Å²) in [5.41, 5.74) is 1.34. The molecule has 1 N–H and O–H groups in total. The molecule has 0 radical (unpaired) electrons. The second-order valence-electron chi connectivity index (χ2n) is 4.71. The number of nitrogens with zero attached hydrogens (tertiary/aromatic N) is 1. The Bertz CT molecular complexity index is 465. The van der Waals surface area contributed by atoms with E-state index in [0.29, 0.717) is 0 Å². The fraction of sp³-hybridized carbons (Fsp3) is 0.438. The first kappa shape index (κ1) is 13.8. The molecular formula is C16H22N2O. The summed E-state index contributed by atoms with van der Waals surface area (Å²) >= 11 is 0. The number of benzene rings is 1. The first-order valence-electron chi connectivity index (χ1n) is 7.06. The van der Waals surface area contributed by atoms with Crippen molar-refractivity contribution in [1.29, 1.82) is 0 Å². The lowest BCUT2D eigenvalue weighted by Crippen LogP contribution is -2.17. The van der Waals surface area contributed by atoms with E-state index in [1.165, 1.54) is 5.56 Å². The van der Waals surface area contributed by atoms with Gasteiger partial charge in [-0.2, -0.15) is 0 Å². The molecule has 0 saturated carbocycles. The van der Waals surface area contributed by atoms with Gasteiger partial charge in [0.2, 0.25) is 0 Å². The van der Waals surface area contributed by atoms with Crippen LogP contribution in [0, 0.1) is 0 Å². The molecule has 0 atom stereocenters. The third-order valence-electron chi connectivity index (χ3n) is 3.05. The molecule has 2 rings (SSSR count). The van der Waals surface area contributed by atoms with Gasteiger partial charge in [0, 0.05) is 19.4 Å². The highest BCUT2D eigenvalue weighted by Gasteiger charge is 2.04. The SMILES string of the molecule is CCCNCCc1ncc(CCc2ccccc2)o1. The van der Waals surface area contributed by atoms with Gasteiger partial charge in [-0.15, -0.1) is 0 Å². The van der Waals surface area contributed by atoms with E-state index in [1.54, 1.807) is 0 Å². The van der Waals surface area contributed by atoms with Crippen LogP contribution in [0.1, 0.15) is 30.6 Å². The summed E-state index contributed by atoms with van der Waals surface area (Å²) in [6.45, 7) is 4.16. The van der Waals surface area contributed by atoms with E-state index in [-0.39, 0.29) is 0 Å². The van der Waals surface area contributed by atoms with Crippen molar-refractivity contribution in [1.82, 2.24) is 10.3 Å². The minimum absolute atomic E-state index is 0.840. The van der Waals surface area contributed by atoms with Gasteiger partial charge in [-0.25, -0.2) is 4.98 Å². The monoisotopic (exact) mass is 258 g/mol. The quantitative estimate of drug-likeness (QED) is 0.740. The third-order valence-corrected chi connectivity index (χ3v) is 3.05. The van der Waals surface area contributed by atoms with Crippen LogP contribution < -0.4 is 5.32 Å². The van der Waals surface area contributed by atoms with Gasteiger partial charge in [-0.05, 0) is 24.9 Å². The van der Waals surface area contributed by atoms with E-state index in [9.17, 15) is 0 Å². The highest BCUT2D eigenvalue weighted by molar-refractivity contribution is 5.15. The van der Waals surface area contributed by atoms with Crippen molar-refractivity contribution in [3.63, 3.8) is 0 Å². The van der Waals surface area contributed by atoms with Crippen molar-refractivity contribution >= 4 is 0 Å². The zero-order chi connectivity index (χ0) is 13.3. The number of aromatic nitrogens is 1. The maximum Gasteiger partial charge on any atom is 0.195 e. The number of nitrogens with one attached hydrogen (secondary N) is 1. The average molecular weight is 258 g/mol. The topological polar surface area (TPSA) is 38.1 Å². The molecule has 3 heteroatoms. The molecule has 0 spiro atoms. The molecule has 102 valence electrons. The molecule has 19 heavy (non-hydrogen) atoms. The van der Waals surface area contributed by atoms with Crippen LogP contribution >= 0.6 is 0 Å². The largest absolute Gasteiger partial charge is 0.446 e. The first-order valence-corrected chi connectivity index (χ1v) is 7.06. The Hall–Kier alpha value is -1.61. The van der Waals surface area contributed by atoms with E-state index >= 15 is 0 Å². The number of hydrogen-bond acceptors (Lipinski definition) is 3. The maximum absolute atomic E-state index is 5.73. The zero-order valence-electron chi connectivity index (χ0n) is 11.6. The van der Waals surface area contributed by atoms with Crippen LogP contribution in [0.2, 0.25) is 0 Å². The molecule has 1 aromatic carbocycles. The van der Waals surface area contributed by atoms with Crippen molar-refractivity contribution in [2.75, 3.05) is 13.1 Å². The summed E-state index contributed by atoms with van der Waals surface area (Å²) < 4.78 is 5.73. The summed E-state index contributed by atoms with van der Waals surface area (Å²) in [5.74, 6) is 1.82. The maximum atomic E-state index is 5.73. The van der Waals surface area contributed by atoms with Gasteiger partial charge in [-0.1, -0.05) is 37.3 Å². The van der Waals surface area contributed by atoms with Crippen molar-refractivity contribution in [2.24, 2.45) is 0 Å². The minimum atomic E-state index is 0.840. The van der Waals surface area contributed by atoms with Crippen LogP contribution in [0.15, 0.2) is 40.9 Å². The fourth-order valence-electron chi connectivity index (χ4n) is 1.99. The average Bonchev–Trinajstić information content (AvgIpc) is 2.91. The molecule has 0 aliphatic heterocycles. The molecule has 0 bridgehead atoms. The first-order chi connectivity index (χ1) is 9.38. The van der Waals surface area contributed by atoms with Gasteiger partial charge in [-0.3, -0.25) is 0 Å². The molecule has 0 amide bonds. The highest BCUT2D eigenvalue weighted by atomic mass is 16.4. The minimum Gasteiger partial charge on any atom is -0.446 e. The van der Waals surface area contributed by atoms with E-state index in [2.05, 4.69) is 41.5 Å². The standard InChI is InChI=1S/C16H22N2O/c1-2-11-17-12-10-16-18-13-15(19-16)9-8-14-6-4-3-5-7-14/h3-7,13,17H,2,8-12H2,1H3. The molecule has 1 heterocycles. The van der Waals surface area contributed by atoms with Crippen LogP contribution in [0.5, 0.6) is 0 Å². The predicted molar refractivity (Wildman–Crippen MR) is 77.2 cm³/mol. The van der Waals surface area contributed by atoms with Crippen LogP contribution in [0.25, 0.3) is 0 Å². The lowest BCUT2D eigenvalue weighted by atomic mass is 10.1. The molecule has 0 aliphatic carbocycles. The molecule has 0 saturated heterocycles. The molecular weight excluding hydrogens is 236 g/mol. The van der Waals surface area contributed by atoms with Gasteiger partial charge in [0.1, 0.15) is 5.76 Å². The number of aryl methyl sites for hydroxylation is 2. The van der Waals surface area contributed by atoms with Gasteiger partial charge in [0.25, 0.3) is 0 Å². The van der Waals surface area contributed by atoms with Gasteiger partial charge in [0.15, 0.2) is 5.89 Å². The van der Waals surface area contributed by atoms with Gasteiger partial charge >= 0.3 is 0 Å². The molecule has 1 aromatic heterocycles. The third kappa shape index (κ3) is 4.87. The van der Waals surface area contributed by atoms with Gasteiger partial charge < -0.3 is 9.73 Å². The normalized spacial score (nSPS) is 10.8. The van der Waals surface area contributed by atoms with Crippen LogP contribution in [-0.2, 0) is 19.3 Å². The Morgan fingerprint density at radius 3 is 2.68 bits per heavy atom. The number of rotatable bonds is 8. The Labute approximate surface area is 115 Å². The smallest absolute Gasteiger partial charge is 0.195 e. The van der Waals surface area contributed by atoms with E-state index in [1.807, 2.05) is 12.3 Å². The Kier molecular flexibility index (Phi) is 5.63. The fourth-order valence-corrected chi connectivity index (χ4v) is 1.99. The Morgan fingerprint density at radius 1 is 1.05 bits per heavy atom. The van der Waals surface area contributed by atoms with Crippen LogP contribution in [-0.4, -0.2) is 18.1 Å². The summed E-state index contributed by atoms with van der Waals surface area (Å²) in [7, 11) is 0. The summed E-state index contributed by atoms with van der Waals surface area (Å²) in [5, 5.41) is 3.35. The van der Waals surface area contributed by atoms with Crippen molar-refractivity contribution in [3.8, 4) is 0 Å². The lowest BCUT2D eigenvalue weighted by Gasteiger charge is -2.00. The number of oxazole rings is 1. The molecule has 0 unspecified atom stereocenters. The van der Waals surface area contributed by atoms with E-state index < -0.39 is 0 Å². The van der Waals surface area contributed by atoms with E-state index in [0.717, 1.165) is 50.4 Å². The lowest BCUT2D eigenvalue weighted by molar-refractivity contribution is 0.448. The highest BCUT2D eigenvalue weighted by Crippen LogP contribution is 2.09. The molecule has 0 fully saturated rings. The summed E-state index contributed by atoms with van der Waals surface area (Å²) in [4.78, 5) is 4.32. The Morgan fingerprint density at radius 2 is 1.89 bits per heavy atom. The summed E-state index contributed by atoms with van der Waals surface area (Å²) in [6, 6.07) is 10.5. The Balaban J connectivity index is 1.74. The van der Waals surface area contributed by atoms with Crippen molar-refractivity contribution in [3.05, 3.63) is 53.7 Å². The number of hydrogen-bond donors (Lipinski definition) is 1. The summed E-state index contributed by atoms with van der Waals surface area (Å²) in [6.07, 6.45) is 5.81. The van der Waals surface area contributed by atoms with Crippen molar-refractivity contribution in [2.45, 2.75) is 32.6 Å². The second kappa shape index (κ2) is 7.74. The molecule has 0 aliphatic rings. The van der Waals surface area contributed by atoms with Gasteiger partial charge in [0.05, 0.1) is 6.20 Å². The van der Waals surface area contributed by atoms with Crippen molar-refractivity contribution < 1.29 is 4.42 Å². The zero-order valence-corrected chi connectivity index (χ0v) is 11.6. The molecule has 3 nitrogen and oxygen atoms in total.